The van der Waals surface area contributed by atoms with Gasteiger partial charge in [0.2, 0.25) is 0 Å². The maximum atomic E-state index is 12.5. The van der Waals surface area contributed by atoms with E-state index in [9.17, 15) is 9.59 Å². The number of carbonyl (C=O) groups is 2. The number of ether oxygens (including phenoxy) is 1. The van der Waals surface area contributed by atoms with Crippen LogP contribution in [-0.2, 0) is 20.7 Å². The highest BCUT2D eigenvalue weighted by atomic mass is 16.5. The Labute approximate surface area is 156 Å². The van der Waals surface area contributed by atoms with Gasteiger partial charge in [0.15, 0.2) is 0 Å². The van der Waals surface area contributed by atoms with Crippen LogP contribution >= 0.6 is 0 Å². The molecular weight excluding hydrogens is 328 g/mol. The number of allylic oxidation sites excluding steroid dienone is 1. The average molecular weight is 358 g/mol. The quantitative estimate of drug-likeness (QED) is 0.419. The van der Waals surface area contributed by atoms with E-state index in [1.165, 1.54) is 24.3 Å². The highest BCUT2D eigenvalue weighted by molar-refractivity contribution is 5.66. The molecule has 0 spiro atoms. The van der Waals surface area contributed by atoms with Crippen LogP contribution in [0.2, 0.25) is 0 Å². The van der Waals surface area contributed by atoms with E-state index in [-0.39, 0.29) is 28.6 Å². The van der Waals surface area contributed by atoms with Gasteiger partial charge in [-0.15, -0.1) is 0 Å². The first-order valence-electron chi connectivity index (χ1n) is 9.70. The van der Waals surface area contributed by atoms with Crippen LogP contribution in [0.3, 0.4) is 0 Å². The third-order valence-corrected chi connectivity index (χ3v) is 6.87. The fourth-order valence-electron chi connectivity index (χ4n) is 5.60. The summed E-state index contributed by atoms with van der Waals surface area (Å²) in [7, 11) is 0. The molecule has 0 amide bonds. The van der Waals surface area contributed by atoms with Gasteiger partial charge in [-0.1, -0.05) is 25.5 Å². The number of fused-ring (bicyclic) bond motifs is 1. The van der Waals surface area contributed by atoms with Gasteiger partial charge in [0, 0.05) is 17.8 Å². The summed E-state index contributed by atoms with van der Waals surface area (Å²) in [6, 6.07) is 1.99. The fourth-order valence-corrected chi connectivity index (χ4v) is 5.60. The van der Waals surface area contributed by atoms with E-state index in [0.29, 0.717) is 6.61 Å². The predicted octanol–water partition coefficient (Wildman–Crippen LogP) is 4.73. The topological polar surface area (TPSA) is 56.5 Å². The lowest BCUT2D eigenvalue weighted by Gasteiger charge is -2.57. The maximum absolute atomic E-state index is 12.5. The molecule has 3 rings (SSSR count). The smallest absolute Gasteiger partial charge is 0.302 e. The van der Waals surface area contributed by atoms with Crippen molar-refractivity contribution in [3.63, 3.8) is 0 Å². The van der Waals surface area contributed by atoms with Crippen molar-refractivity contribution < 1.29 is 18.7 Å². The van der Waals surface area contributed by atoms with Crippen molar-refractivity contribution in [2.75, 3.05) is 6.61 Å². The highest BCUT2D eigenvalue weighted by Crippen LogP contribution is 2.61. The molecule has 0 bridgehead atoms. The van der Waals surface area contributed by atoms with E-state index in [1.54, 1.807) is 12.5 Å². The van der Waals surface area contributed by atoms with E-state index < -0.39 is 0 Å². The lowest BCUT2D eigenvalue weighted by atomic mass is 9.46. The van der Waals surface area contributed by atoms with Crippen molar-refractivity contribution in [2.45, 2.75) is 58.8 Å². The van der Waals surface area contributed by atoms with Crippen LogP contribution in [0.25, 0.3) is 0 Å². The summed E-state index contributed by atoms with van der Waals surface area (Å²) in [6.07, 6.45) is 11.3. The van der Waals surface area contributed by atoms with Gasteiger partial charge in [-0.25, -0.2) is 0 Å². The molecule has 2 saturated carbocycles. The van der Waals surface area contributed by atoms with Crippen molar-refractivity contribution in [1.29, 1.82) is 0 Å². The summed E-state index contributed by atoms with van der Waals surface area (Å²) in [4.78, 5) is 23.9. The molecule has 2 fully saturated rings. The normalized spacial score (nSPS) is 34.2. The molecule has 1 unspecified atom stereocenters. The Hall–Kier alpha value is -1.84. The zero-order valence-corrected chi connectivity index (χ0v) is 16.0. The summed E-state index contributed by atoms with van der Waals surface area (Å²) in [5.74, 6) is 0.177. The molecule has 2 aliphatic carbocycles. The Kier molecular flexibility index (Phi) is 5.40. The van der Waals surface area contributed by atoms with Gasteiger partial charge in [0.1, 0.15) is 6.29 Å². The molecule has 4 nitrogen and oxygen atoms in total. The van der Waals surface area contributed by atoms with Crippen LogP contribution in [0.5, 0.6) is 0 Å². The number of aldehydes is 1. The molecular formula is C22H30O4. The fraction of sp³-hybridized carbons (Fsp3) is 0.636. The van der Waals surface area contributed by atoms with Crippen LogP contribution in [0.15, 0.2) is 35.2 Å². The number of rotatable bonds is 6. The van der Waals surface area contributed by atoms with E-state index in [1.807, 2.05) is 6.07 Å². The summed E-state index contributed by atoms with van der Waals surface area (Å²) in [6.45, 7) is 8.39. The van der Waals surface area contributed by atoms with E-state index in [0.717, 1.165) is 44.9 Å². The van der Waals surface area contributed by atoms with Crippen LogP contribution < -0.4 is 0 Å². The summed E-state index contributed by atoms with van der Waals surface area (Å²) >= 11 is 0. The van der Waals surface area contributed by atoms with Crippen LogP contribution in [0.4, 0.5) is 0 Å². The number of carbonyl (C=O) groups excluding carboxylic acids is 2. The van der Waals surface area contributed by atoms with Crippen molar-refractivity contribution in [3.8, 4) is 0 Å². The van der Waals surface area contributed by atoms with Gasteiger partial charge in [-0.2, -0.15) is 0 Å². The first-order chi connectivity index (χ1) is 12.4. The molecule has 1 aromatic rings. The lowest BCUT2D eigenvalue weighted by Crippen LogP contribution is -2.54. The minimum atomic E-state index is -0.383. The Morgan fingerprint density at radius 1 is 1.46 bits per heavy atom. The Morgan fingerprint density at radius 3 is 2.92 bits per heavy atom. The third kappa shape index (κ3) is 3.38. The van der Waals surface area contributed by atoms with Gasteiger partial charge in [-0.05, 0) is 62.0 Å². The second kappa shape index (κ2) is 7.42. The minimum absolute atomic E-state index is 0.139. The number of furan rings is 1. The number of hydrogen-bond donors (Lipinski definition) is 0. The standard InChI is InChI=1S/C22H30O4/c1-16-5-8-20-21(3,15-26-17(2)24)10-4-11-22(20,14-23)19(16)7-6-18-9-12-25-13-18/h9,12-14,19-20H,1,4-8,10-11,15H2,2-3H3/t19-,20?,21+,22-/m1/s1. The van der Waals surface area contributed by atoms with Gasteiger partial charge in [0.25, 0.3) is 0 Å². The Bertz CT molecular complexity index is 662. The first-order valence-corrected chi connectivity index (χ1v) is 9.70. The van der Waals surface area contributed by atoms with Crippen molar-refractivity contribution in [3.05, 3.63) is 36.3 Å². The largest absolute Gasteiger partial charge is 0.472 e. The zero-order chi connectivity index (χ0) is 18.8. The average Bonchev–Trinajstić information content (AvgIpc) is 3.13. The molecule has 4 atom stereocenters. The molecule has 2 aliphatic rings. The van der Waals surface area contributed by atoms with Crippen LogP contribution in [0.1, 0.15) is 57.9 Å². The molecule has 0 saturated heterocycles. The molecule has 4 heteroatoms. The maximum Gasteiger partial charge on any atom is 0.302 e. The van der Waals surface area contributed by atoms with Crippen LogP contribution in [-0.4, -0.2) is 18.9 Å². The molecule has 142 valence electrons. The summed E-state index contributed by atoms with van der Waals surface area (Å²) in [5.41, 5.74) is 1.85. The van der Waals surface area contributed by atoms with Crippen molar-refractivity contribution in [2.24, 2.45) is 22.7 Å². The summed E-state index contributed by atoms with van der Waals surface area (Å²) < 4.78 is 10.6. The second-order valence-corrected chi connectivity index (χ2v) is 8.49. The second-order valence-electron chi connectivity index (χ2n) is 8.49. The lowest BCUT2D eigenvalue weighted by molar-refractivity contribution is -0.156. The molecule has 1 heterocycles. The highest BCUT2D eigenvalue weighted by Gasteiger charge is 2.57. The minimum Gasteiger partial charge on any atom is -0.472 e. The SMILES string of the molecule is C=C1CCC2[C@](C)(COC(C)=O)CCC[C@@]2(C=O)[C@@H]1CCc1ccoc1. The third-order valence-electron chi connectivity index (χ3n) is 6.87. The van der Waals surface area contributed by atoms with Gasteiger partial charge >= 0.3 is 5.97 Å². The molecule has 1 aromatic heterocycles. The zero-order valence-electron chi connectivity index (χ0n) is 16.0. The number of hydrogen-bond acceptors (Lipinski definition) is 4. The van der Waals surface area contributed by atoms with Gasteiger partial charge in [-0.3, -0.25) is 4.79 Å². The van der Waals surface area contributed by atoms with E-state index in [4.69, 9.17) is 9.15 Å². The van der Waals surface area contributed by atoms with Crippen molar-refractivity contribution >= 4 is 12.3 Å². The van der Waals surface area contributed by atoms with E-state index in [2.05, 4.69) is 13.5 Å². The predicted molar refractivity (Wildman–Crippen MR) is 99.5 cm³/mol. The van der Waals surface area contributed by atoms with E-state index >= 15 is 0 Å². The van der Waals surface area contributed by atoms with Gasteiger partial charge in [0.05, 0.1) is 19.1 Å². The number of esters is 1. The first kappa shape index (κ1) is 18.9. The summed E-state index contributed by atoms with van der Waals surface area (Å²) in [5, 5.41) is 0. The molecule has 0 N–H and O–H groups in total. The Morgan fingerprint density at radius 2 is 2.27 bits per heavy atom. The van der Waals surface area contributed by atoms with Crippen LogP contribution in [0, 0.1) is 22.7 Å². The number of aryl methyl sites for hydroxylation is 1. The molecule has 0 aromatic carbocycles. The van der Waals surface area contributed by atoms with Gasteiger partial charge < -0.3 is 13.9 Å². The molecule has 0 radical (unpaired) electrons. The molecule has 0 aliphatic heterocycles. The monoisotopic (exact) mass is 358 g/mol. The Balaban J connectivity index is 1.86. The molecule has 26 heavy (non-hydrogen) atoms. The van der Waals surface area contributed by atoms with Crippen molar-refractivity contribution in [1.82, 2.24) is 0 Å².